The lowest BCUT2D eigenvalue weighted by Crippen LogP contribution is -2.46. The third-order valence-electron chi connectivity index (χ3n) is 6.88. The summed E-state index contributed by atoms with van der Waals surface area (Å²) in [6, 6.07) is 11.7. The Morgan fingerprint density at radius 2 is 1.69 bits per heavy atom. The molecule has 6 heteroatoms. The van der Waals surface area contributed by atoms with Crippen LogP contribution in [0.25, 0.3) is 0 Å². The molecule has 0 aromatic heterocycles. The molecule has 0 radical (unpaired) electrons. The minimum atomic E-state index is -0.105. The van der Waals surface area contributed by atoms with Gasteiger partial charge in [0.1, 0.15) is 6.54 Å². The van der Waals surface area contributed by atoms with Crippen LogP contribution in [0.1, 0.15) is 79.5 Å². The molecule has 0 aliphatic carbocycles. The van der Waals surface area contributed by atoms with Crippen LogP contribution in [0.3, 0.4) is 0 Å². The van der Waals surface area contributed by atoms with Gasteiger partial charge in [-0.25, -0.2) is 0 Å². The van der Waals surface area contributed by atoms with Gasteiger partial charge in [0.05, 0.1) is 20.3 Å². The van der Waals surface area contributed by atoms with Crippen molar-refractivity contribution >= 4 is 11.8 Å². The fraction of sp³-hybridized carbons (Fsp3) is 0.517. The molecule has 1 aliphatic rings. The molecule has 0 spiro atoms. The van der Waals surface area contributed by atoms with Crippen LogP contribution in [0.5, 0.6) is 11.5 Å². The molecule has 1 unspecified atom stereocenters. The summed E-state index contributed by atoms with van der Waals surface area (Å²) in [6.45, 7) is 7.50. The van der Waals surface area contributed by atoms with E-state index in [-0.39, 0.29) is 24.4 Å². The number of carbonyl (C=O) groups excluding carboxylic acids is 2. The van der Waals surface area contributed by atoms with Crippen LogP contribution in [-0.4, -0.2) is 55.5 Å². The number of carbonyl (C=O) groups is 2. The zero-order valence-corrected chi connectivity index (χ0v) is 21.9. The number of benzene rings is 2. The molecular weight excluding hydrogens is 440 g/mol. The number of ether oxygens (including phenoxy) is 2. The van der Waals surface area contributed by atoms with Gasteiger partial charge in [0.25, 0.3) is 5.91 Å². The van der Waals surface area contributed by atoms with Crippen molar-refractivity contribution in [1.82, 2.24) is 9.80 Å². The van der Waals surface area contributed by atoms with Crippen molar-refractivity contribution in [3.63, 3.8) is 0 Å². The van der Waals surface area contributed by atoms with Gasteiger partial charge in [-0.2, -0.15) is 0 Å². The molecule has 2 aromatic carbocycles. The quantitative estimate of drug-likeness (QED) is 0.402. The molecule has 0 fully saturated rings. The molecule has 0 N–H and O–H groups in total. The molecule has 0 bridgehead atoms. The predicted molar refractivity (Wildman–Crippen MR) is 139 cm³/mol. The first-order chi connectivity index (χ1) is 16.9. The van der Waals surface area contributed by atoms with Crippen molar-refractivity contribution in [2.24, 2.45) is 0 Å². The van der Waals surface area contributed by atoms with Crippen molar-refractivity contribution in [3.05, 3.63) is 58.7 Å². The minimum Gasteiger partial charge on any atom is -0.493 e. The summed E-state index contributed by atoms with van der Waals surface area (Å²) in [5, 5.41) is 0. The van der Waals surface area contributed by atoms with Gasteiger partial charge in [-0.1, -0.05) is 38.8 Å². The number of aryl methyl sites for hydroxylation is 1. The monoisotopic (exact) mass is 480 g/mol. The van der Waals surface area contributed by atoms with Crippen molar-refractivity contribution in [3.8, 4) is 11.5 Å². The third kappa shape index (κ3) is 6.36. The lowest BCUT2D eigenvalue weighted by molar-refractivity contribution is -0.134. The SMILES string of the molecule is CCCCCc1ccc(C(=O)N(CCC)CC(=O)N2CCc3cc(OC)c(OC)cc3C2C)cc1. The van der Waals surface area contributed by atoms with Gasteiger partial charge in [0, 0.05) is 18.7 Å². The van der Waals surface area contributed by atoms with E-state index in [0.29, 0.717) is 30.2 Å². The lowest BCUT2D eigenvalue weighted by atomic mass is 9.92. The summed E-state index contributed by atoms with van der Waals surface area (Å²) in [5.41, 5.74) is 4.12. The van der Waals surface area contributed by atoms with E-state index in [9.17, 15) is 9.59 Å². The molecule has 190 valence electrons. The molecular formula is C29H40N2O4. The summed E-state index contributed by atoms with van der Waals surface area (Å²) in [6.07, 6.45) is 6.14. The summed E-state index contributed by atoms with van der Waals surface area (Å²) in [5.74, 6) is 1.25. The van der Waals surface area contributed by atoms with Crippen LogP contribution in [0.4, 0.5) is 0 Å². The van der Waals surface area contributed by atoms with Gasteiger partial charge in [-0.3, -0.25) is 9.59 Å². The van der Waals surface area contributed by atoms with Gasteiger partial charge in [-0.15, -0.1) is 0 Å². The maximum Gasteiger partial charge on any atom is 0.254 e. The minimum absolute atomic E-state index is 0.0316. The Morgan fingerprint density at radius 3 is 2.31 bits per heavy atom. The number of unbranched alkanes of at least 4 members (excludes halogenated alkanes) is 2. The average Bonchev–Trinajstić information content (AvgIpc) is 2.88. The van der Waals surface area contributed by atoms with Gasteiger partial charge < -0.3 is 19.3 Å². The topological polar surface area (TPSA) is 59.1 Å². The Bertz CT molecular complexity index is 1000. The van der Waals surface area contributed by atoms with Crippen molar-refractivity contribution in [2.45, 2.75) is 65.3 Å². The standard InChI is InChI=1S/C29H40N2O4/c1-6-8-9-10-22-11-13-23(14-12-22)29(33)30(16-7-2)20-28(32)31-17-15-24-18-26(34-4)27(35-5)19-25(24)21(31)3/h11-14,18-19,21H,6-10,15-17,20H2,1-5H3. The summed E-state index contributed by atoms with van der Waals surface area (Å²) in [7, 11) is 3.25. The first-order valence-electron chi connectivity index (χ1n) is 12.9. The Hall–Kier alpha value is -3.02. The highest BCUT2D eigenvalue weighted by Gasteiger charge is 2.31. The summed E-state index contributed by atoms with van der Waals surface area (Å²) < 4.78 is 10.9. The van der Waals surface area contributed by atoms with Gasteiger partial charge in [0.2, 0.25) is 5.91 Å². The number of fused-ring (bicyclic) bond motifs is 1. The number of hydrogen-bond acceptors (Lipinski definition) is 4. The molecule has 2 amide bonds. The van der Waals surface area contributed by atoms with Gasteiger partial charge in [0.15, 0.2) is 11.5 Å². The summed E-state index contributed by atoms with van der Waals surface area (Å²) >= 11 is 0. The van der Waals surface area contributed by atoms with Crippen LogP contribution in [-0.2, 0) is 17.6 Å². The van der Waals surface area contributed by atoms with Crippen LogP contribution in [0.15, 0.2) is 36.4 Å². The molecule has 1 atom stereocenters. The second kappa shape index (κ2) is 12.6. The second-order valence-electron chi connectivity index (χ2n) is 9.30. The molecule has 0 saturated heterocycles. The smallest absolute Gasteiger partial charge is 0.254 e. The zero-order valence-electron chi connectivity index (χ0n) is 21.9. The molecule has 3 rings (SSSR count). The maximum absolute atomic E-state index is 13.4. The van der Waals surface area contributed by atoms with Crippen molar-refractivity contribution in [2.75, 3.05) is 33.9 Å². The predicted octanol–water partition coefficient (Wildman–Crippen LogP) is 5.43. The Labute approximate surface area is 210 Å². The van der Waals surface area contributed by atoms with E-state index in [1.807, 2.05) is 55.1 Å². The Morgan fingerprint density at radius 1 is 1.00 bits per heavy atom. The largest absolute Gasteiger partial charge is 0.493 e. The van der Waals surface area contributed by atoms with E-state index < -0.39 is 0 Å². The average molecular weight is 481 g/mol. The number of rotatable bonds is 11. The maximum atomic E-state index is 13.4. The number of hydrogen-bond donors (Lipinski definition) is 0. The lowest BCUT2D eigenvalue weighted by Gasteiger charge is -2.37. The van der Waals surface area contributed by atoms with Crippen LogP contribution in [0, 0.1) is 0 Å². The molecule has 1 aliphatic heterocycles. The first kappa shape index (κ1) is 26.6. The normalized spacial score (nSPS) is 14.9. The van der Waals surface area contributed by atoms with Gasteiger partial charge >= 0.3 is 0 Å². The van der Waals surface area contributed by atoms with Crippen molar-refractivity contribution in [1.29, 1.82) is 0 Å². The van der Waals surface area contributed by atoms with Gasteiger partial charge in [-0.05, 0) is 73.6 Å². The fourth-order valence-electron chi connectivity index (χ4n) is 4.84. The summed E-state index contributed by atoms with van der Waals surface area (Å²) in [4.78, 5) is 30.2. The number of nitrogens with zero attached hydrogens (tertiary/aromatic N) is 2. The van der Waals surface area contributed by atoms with E-state index in [4.69, 9.17) is 9.47 Å². The highest BCUT2D eigenvalue weighted by Crippen LogP contribution is 2.38. The van der Waals surface area contributed by atoms with E-state index in [1.54, 1.807) is 19.1 Å². The molecule has 35 heavy (non-hydrogen) atoms. The number of methoxy groups -OCH3 is 2. The van der Waals surface area contributed by atoms with E-state index in [0.717, 1.165) is 31.2 Å². The van der Waals surface area contributed by atoms with E-state index >= 15 is 0 Å². The first-order valence-corrected chi connectivity index (χ1v) is 12.9. The second-order valence-corrected chi connectivity index (χ2v) is 9.30. The van der Waals surface area contributed by atoms with E-state index in [1.165, 1.54) is 24.0 Å². The van der Waals surface area contributed by atoms with Crippen LogP contribution < -0.4 is 9.47 Å². The molecule has 0 saturated carbocycles. The zero-order chi connectivity index (χ0) is 25.4. The Balaban J connectivity index is 1.71. The van der Waals surface area contributed by atoms with E-state index in [2.05, 4.69) is 6.92 Å². The number of amides is 2. The molecule has 1 heterocycles. The Kier molecular flexibility index (Phi) is 9.58. The van der Waals surface area contributed by atoms with Crippen LogP contribution >= 0.6 is 0 Å². The highest BCUT2D eigenvalue weighted by molar-refractivity contribution is 5.96. The molecule has 6 nitrogen and oxygen atoms in total. The fourth-order valence-corrected chi connectivity index (χ4v) is 4.84. The van der Waals surface area contributed by atoms with Crippen LogP contribution in [0.2, 0.25) is 0 Å². The highest BCUT2D eigenvalue weighted by atomic mass is 16.5. The molecule has 2 aromatic rings. The van der Waals surface area contributed by atoms with Crippen molar-refractivity contribution < 1.29 is 19.1 Å². The third-order valence-corrected chi connectivity index (χ3v) is 6.88.